The van der Waals surface area contributed by atoms with Crippen LogP contribution in [0.3, 0.4) is 0 Å². The van der Waals surface area contributed by atoms with Gasteiger partial charge in [-0.2, -0.15) is 0 Å². The van der Waals surface area contributed by atoms with Gasteiger partial charge >= 0.3 is 0 Å². The van der Waals surface area contributed by atoms with Gasteiger partial charge in [0.05, 0.1) is 10.9 Å². The fourth-order valence-corrected chi connectivity index (χ4v) is 4.60. The maximum atomic E-state index is 12.5. The first-order valence-corrected chi connectivity index (χ1v) is 11.8. The highest BCUT2D eigenvalue weighted by molar-refractivity contribution is 7.89. The summed E-state index contributed by atoms with van der Waals surface area (Å²) in [5.41, 5.74) is 1.90. The summed E-state index contributed by atoms with van der Waals surface area (Å²) in [5, 5.41) is 5.07. The van der Waals surface area contributed by atoms with Crippen molar-refractivity contribution < 1.29 is 13.2 Å². The van der Waals surface area contributed by atoms with E-state index in [9.17, 15) is 13.2 Å². The summed E-state index contributed by atoms with van der Waals surface area (Å²) in [6.45, 7) is 0. The molecular weight excluding hydrogens is 416 g/mol. The molecule has 0 saturated carbocycles. The summed E-state index contributed by atoms with van der Waals surface area (Å²) < 4.78 is 25.4. The molecule has 1 atom stereocenters. The molecule has 156 valence electrons. The zero-order valence-electron chi connectivity index (χ0n) is 16.9. The quantitative estimate of drug-likeness (QED) is 0.536. The average Bonchev–Trinajstić information content (AvgIpc) is 3.28. The standard InChI is InChI=1S/C23H24N2O3S2/c1-25(2)30(27,28)20-13-10-18(11-14-20)12-15-23(26)24-21(22-9-6-16-29-22)17-19-7-4-3-5-8-19/h3-16,21H,17H2,1-2H3,(H,24,26)/b15-12+. The van der Waals surface area contributed by atoms with Crippen LogP contribution in [0.25, 0.3) is 6.08 Å². The van der Waals surface area contributed by atoms with Crippen molar-refractivity contribution in [3.63, 3.8) is 0 Å². The lowest BCUT2D eigenvalue weighted by Crippen LogP contribution is -2.27. The van der Waals surface area contributed by atoms with Crippen LogP contribution in [0.5, 0.6) is 0 Å². The second-order valence-electron chi connectivity index (χ2n) is 6.96. The first-order valence-electron chi connectivity index (χ1n) is 9.45. The van der Waals surface area contributed by atoms with Crippen LogP contribution in [0.1, 0.15) is 22.0 Å². The van der Waals surface area contributed by atoms with Crippen LogP contribution in [-0.2, 0) is 21.2 Å². The van der Waals surface area contributed by atoms with Gasteiger partial charge in [-0.3, -0.25) is 4.79 Å². The SMILES string of the molecule is CN(C)S(=O)(=O)c1ccc(/C=C/C(=O)NC(Cc2ccccc2)c2cccs2)cc1. The smallest absolute Gasteiger partial charge is 0.244 e. The van der Waals surface area contributed by atoms with Crippen LogP contribution >= 0.6 is 11.3 Å². The summed E-state index contributed by atoms with van der Waals surface area (Å²) in [6.07, 6.45) is 3.86. The fraction of sp³-hybridized carbons (Fsp3) is 0.174. The number of sulfonamides is 1. The molecule has 5 nitrogen and oxygen atoms in total. The van der Waals surface area contributed by atoms with Crippen molar-refractivity contribution in [2.75, 3.05) is 14.1 Å². The second kappa shape index (κ2) is 9.84. The number of hydrogen-bond donors (Lipinski definition) is 1. The largest absolute Gasteiger partial charge is 0.345 e. The number of benzene rings is 2. The first-order chi connectivity index (χ1) is 14.4. The predicted octanol–water partition coefficient (Wildman–Crippen LogP) is 4.11. The minimum atomic E-state index is -3.46. The topological polar surface area (TPSA) is 66.5 Å². The third-order valence-electron chi connectivity index (χ3n) is 4.57. The summed E-state index contributed by atoms with van der Waals surface area (Å²) in [7, 11) is -0.479. The van der Waals surface area contributed by atoms with Gasteiger partial charge in [0.15, 0.2) is 0 Å². The molecule has 1 amide bonds. The van der Waals surface area contributed by atoms with E-state index in [-0.39, 0.29) is 16.8 Å². The van der Waals surface area contributed by atoms with E-state index >= 15 is 0 Å². The molecule has 1 aromatic heterocycles. The Morgan fingerprint density at radius 1 is 1.03 bits per heavy atom. The molecule has 1 unspecified atom stereocenters. The van der Waals surface area contributed by atoms with Gasteiger partial charge in [0.2, 0.25) is 15.9 Å². The van der Waals surface area contributed by atoms with Gasteiger partial charge in [-0.15, -0.1) is 11.3 Å². The molecule has 3 aromatic rings. The molecule has 0 radical (unpaired) electrons. The molecule has 1 N–H and O–H groups in total. The molecule has 0 spiro atoms. The monoisotopic (exact) mass is 440 g/mol. The predicted molar refractivity (Wildman–Crippen MR) is 122 cm³/mol. The summed E-state index contributed by atoms with van der Waals surface area (Å²) >= 11 is 1.61. The van der Waals surface area contributed by atoms with Crippen molar-refractivity contribution in [3.05, 3.63) is 94.2 Å². The first kappa shape index (κ1) is 22.0. The molecule has 30 heavy (non-hydrogen) atoms. The van der Waals surface area contributed by atoms with Crippen LogP contribution in [0, 0.1) is 0 Å². The lowest BCUT2D eigenvalue weighted by molar-refractivity contribution is -0.117. The molecule has 7 heteroatoms. The van der Waals surface area contributed by atoms with Gasteiger partial charge in [-0.1, -0.05) is 48.5 Å². The summed E-state index contributed by atoms with van der Waals surface area (Å²) in [5.74, 6) is -0.200. The number of hydrogen-bond acceptors (Lipinski definition) is 4. The number of rotatable bonds is 8. The zero-order chi connectivity index (χ0) is 21.6. The van der Waals surface area contributed by atoms with Gasteiger partial charge in [0.1, 0.15) is 0 Å². The minimum absolute atomic E-state index is 0.114. The Morgan fingerprint density at radius 3 is 2.33 bits per heavy atom. The lowest BCUT2D eigenvalue weighted by atomic mass is 10.0. The van der Waals surface area contributed by atoms with Crippen molar-refractivity contribution in [2.24, 2.45) is 0 Å². The highest BCUT2D eigenvalue weighted by Crippen LogP contribution is 2.23. The maximum Gasteiger partial charge on any atom is 0.244 e. The highest BCUT2D eigenvalue weighted by Gasteiger charge is 2.17. The van der Waals surface area contributed by atoms with Crippen molar-refractivity contribution in [1.82, 2.24) is 9.62 Å². The van der Waals surface area contributed by atoms with E-state index in [4.69, 9.17) is 0 Å². The molecule has 1 heterocycles. The number of thiophene rings is 1. The van der Waals surface area contributed by atoms with Gasteiger partial charge in [-0.25, -0.2) is 12.7 Å². The summed E-state index contributed by atoms with van der Waals surface area (Å²) in [6, 6.07) is 20.4. The number of nitrogens with one attached hydrogen (secondary N) is 1. The number of carbonyl (C=O) groups excluding carboxylic acids is 1. The van der Waals surface area contributed by atoms with Crippen LogP contribution in [0.4, 0.5) is 0 Å². The van der Waals surface area contributed by atoms with Crippen LogP contribution in [0.15, 0.2) is 83.1 Å². The van der Waals surface area contributed by atoms with Crippen LogP contribution in [-0.4, -0.2) is 32.7 Å². The Balaban J connectivity index is 1.68. The zero-order valence-corrected chi connectivity index (χ0v) is 18.5. The van der Waals surface area contributed by atoms with E-state index < -0.39 is 10.0 Å². The highest BCUT2D eigenvalue weighted by atomic mass is 32.2. The molecule has 2 aromatic carbocycles. The Hall–Kier alpha value is -2.74. The van der Waals surface area contributed by atoms with Gasteiger partial charge in [0, 0.05) is 25.0 Å². The van der Waals surface area contributed by atoms with E-state index in [0.717, 1.165) is 16.0 Å². The fourth-order valence-electron chi connectivity index (χ4n) is 2.92. The van der Waals surface area contributed by atoms with Gasteiger partial charge in [-0.05, 0) is 47.2 Å². The van der Waals surface area contributed by atoms with E-state index in [1.54, 1.807) is 29.5 Å². The van der Waals surface area contributed by atoms with E-state index in [0.29, 0.717) is 6.42 Å². The Morgan fingerprint density at radius 2 is 1.73 bits per heavy atom. The van der Waals surface area contributed by atoms with Crippen molar-refractivity contribution in [2.45, 2.75) is 17.4 Å². The third kappa shape index (κ3) is 5.66. The number of nitrogens with zero attached hydrogens (tertiary/aromatic N) is 1. The Labute approximate surface area is 181 Å². The van der Waals surface area contributed by atoms with Gasteiger partial charge in [0.25, 0.3) is 0 Å². The molecular formula is C23H24N2O3S2. The molecule has 0 aliphatic heterocycles. The molecule has 3 rings (SSSR count). The third-order valence-corrected chi connectivity index (χ3v) is 7.39. The van der Waals surface area contributed by atoms with Crippen LogP contribution in [0.2, 0.25) is 0 Å². The molecule has 0 saturated heterocycles. The Bertz CT molecular complexity index is 1090. The maximum absolute atomic E-state index is 12.5. The van der Waals surface area contributed by atoms with Crippen molar-refractivity contribution >= 4 is 33.3 Å². The minimum Gasteiger partial charge on any atom is -0.345 e. The van der Waals surface area contributed by atoms with E-state index in [1.165, 1.54) is 36.6 Å². The second-order valence-corrected chi connectivity index (χ2v) is 10.1. The van der Waals surface area contributed by atoms with E-state index in [2.05, 4.69) is 5.32 Å². The van der Waals surface area contributed by atoms with Crippen molar-refractivity contribution in [1.29, 1.82) is 0 Å². The average molecular weight is 441 g/mol. The Kier molecular flexibility index (Phi) is 7.20. The summed E-state index contributed by atoms with van der Waals surface area (Å²) in [4.78, 5) is 13.8. The lowest BCUT2D eigenvalue weighted by Gasteiger charge is -2.16. The molecule has 0 fully saturated rings. The molecule has 0 aliphatic carbocycles. The van der Waals surface area contributed by atoms with Gasteiger partial charge < -0.3 is 5.32 Å². The van der Waals surface area contributed by atoms with E-state index in [1.807, 2.05) is 47.8 Å². The molecule has 0 aliphatic rings. The molecule has 0 bridgehead atoms. The van der Waals surface area contributed by atoms with Crippen LogP contribution < -0.4 is 5.32 Å². The normalized spacial score (nSPS) is 12.9. The number of carbonyl (C=O) groups is 1. The van der Waals surface area contributed by atoms with Crippen molar-refractivity contribution in [3.8, 4) is 0 Å². The number of amides is 1.